The van der Waals surface area contributed by atoms with Crippen LogP contribution in [0.25, 0.3) is 0 Å². The van der Waals surface area contributed by atoms with Gasteiger partial charge in [0.05, 0.1) is 0 Å². The molecule has 0 atom stereocenters. The van der Waals surface area contributed by atoms with Gasteiger partial charge in [-0.3, -0.25) is 4.79 Å². The van der Waals surface area contributed by atoms with Gasteiger partial charge in [-0.1, -0.05) is 57.5 Å². The number of ether oxygens (including phenoxy) is 1. The lowest BCUT2D eigenvalue weighted by atomic mass is 10.1. The second-order valence-electron chi connectivity index (χ2n) is 5.63. The maximum atomic E-state index is 11.5. The molecule has 0 aliphatic carbocycles. The third-order valence-corrected chi connectivity index (χ3v) is 2.22. The summed E-state index contributed by atoms with van der Waals surface area (Å²) in [6.45, 7) is 17.0. The van der Waals surface area contributed by atoms with E-state index < -0.39 is 11.6 Å². The number of hydrogen-bond acceptors (Lipinski definition) is 5. The lowest BCUT2D eigenvalue weighted by Crippen LogP contribution is -2.32. The molecule has 1 aromatic carbocycles. The molecule has 1 rings (SSSR count). The molecule has 0 heterocycles. The Kier molecular flexibility index (Phi) is 19.2. The van der Waals surface area contributed by atoms with E-state index in [-0.39, 0.29) is 6.54 Å². The number of aldehydes is 1. The first kappa shape index (κ1) is 28.1. The monoisotopic (exact) mass is 355 g/mol. The molecule has 5 heteroatoms. The summed E-state index contributed by atoms with van der Waals surface area (Å²) < 4.78 is 5.12. The minimum atomic E-state index is -0.526. The summed E-state index contributed by atoms with van der Waals surface area (Å²) >= 11 is 0. The van der Waals surface area contributed by atoms with Gasteiger partial charge in [0.15, 0.2) is 0 Å². The first-order valence-electron chi connectivity index (χ1n) is 8.79. The second kappa shape index (κ2) is 17.1. The first-order chi connectivity index (χ1) is 11.7. The molecule has 0 aromatic heterocycles. The van der Waals surface area contributed by atoms with Gasteiger partial charge in [-0.05, 0) is 40.2 Å². The van der Waals surface area contributed by atoms with Crippen molar-refractivity contribution in [1.82, 2.24) is 5.06 Å². The molecule has 0 aliphatic heterocycles. The number of hydroxylamine groups is 2. The van der Waals surface area contributed by atoms with Crippen molar-refractivity contribution in [1.29, 1.82) is 0 Å². The minimum Gasteiger partial charge on any atom is -0.459 e. The quantitative estimate of drug-likeness (QED) is 0.478. The molecule has 146 valence electrons. The third kappa shape index (κ3) is 20.2. The molecule has 0 saturated carbocycles. The predicted molar refractivity (Wildman–Crippen MR) is 104 cm³/mol. The summed E-state index contributed by atoms with van der Waals surface area (Å²) in [7, 11) is 0. The van der Waals surface area contributed by atoms with E-state index in [0.717, 1.165) is 22.5 Å². The van der Waals surface area contributed by atoms with E-state index in [0.29, 0.717) is 6.54 Å². The number of benzene rings is 1. The maximum Gasteiger partial charge on any atom is 0.323 e. The van der Waals surface area contributed by atoms with Crippen LogP contribution in [-0.4, -0.2) is 34.7 Å². The van der Waals surface area contributed by atoms with Gasteiger partial charge in [-0.25, -0.2) is 0 Å². The minimum absolute atomic E-state index is 0.134. The van der Waals surface area contributed by atoms with Crippen LogP contribution < -0.4 is 0 Å². The van der Waals surface area contributed by atoms with E-state index in [1.807, 2.05) is 58.9 Å². The zero-order chi connectivity index (χ0) is 20.5. The van der Waals surface area contributed by atoms with Crippen molar-refractivity contribution in [2.24, 2.45) is 0 Å². The van der Waals surface area contributed by atoms with Crippen molar-refractivity contribution in [3.8, 4) is 0 Å². The molecule has 0 radical (unpaired) electrons. The lowest BCUT2D eigenvalue weighted by molar-refractivity contribution is -0.170. The van der Waals surface area contributed by atoms with Crippen molar-refractivity contribution in [3.63, 3.8) is 0 Å². The SMILES string of the molecule is CC.CC.CC=O.Cc1ccc(CN(O)CC(=O)OC(C)(C)C)cc1. The predicted octanol–water partition coefficient (Wildman–Crippen LogP) is 4.79. The Balaban J connectivity index is -0.000000605. The van der Waals surface area contributed by atoms with Crippen LogP contribution in [0.2, 0.25) is 0 Å². The highest BCUT2D eigenvalue weighted by Gasteiger charge is 2.18. The zero-order valence-electron chi connectivity index (χ0n) is 17.4. The number of carbonyl (C=O) groups is 2. The summed E-state index contributed by atoms with van der Waals surface area (Å²) in [6.07, 6.45) is 0.750. The molecular formula is C20H37NO4. The molecule has 0 unspecified atom stereocenters. The van der Waals surface area contributed by atoms with Crippen LogP contribution in [0.4, 0.5) is 0 Å². The maximum absolute atomic E-state index is 11.5. The van der Waals surface area contributed by atoms with Crippen LogP contribution in [0.1, 0.15) is 66.5 Å². The number of rotatable bonds is 4. The molecule has 0 saturated heterocycles. The van der Waals surface area contributed by atoms with Gasteiger partial charge in [-0.15, -0.1) is 0 Å². The Hall–Kier alpha value is -1.72. The highest BCUT2D eigenvalue weighted by Crippen LogP contribution is 2.09. The zero-order valence-corrected chi connectivity index (χ0v) is 17.4. The van der Waals surface area contributed by atoms with Gasteiger partial charge in [-0.2, -0.15) is 5.06 Å². The fourth-order valence-electron chi connectivity index (χ4n) is 1.48. The van der Waals surface area contributed by atoms with Gasteiger partial charge < -0.3 is 14.7 Å². The Morgan fingerprint density at radius 3 is 1.88 bits per heavy atom. The largest absolute Gasteiger partial charge is 0.459 e. The standard InChI is InChI=1S/C14H21NO3.C2H4O.2C2H6/c1-11-5-7-12(8-6-11)9-15(17)10-13(16)18-14(2,3)4;1-2-3;2*1-2/h5-8,17H,9-10H2,1-4H3;2H,1H3;2*1-2H3. The molecule has 5 nitrogen and oxygen atoms in total. The van der Waals surface area contributed by atoms with E-state index in [2.05, 4.69) is 0 Å². The van der Waals surface area contributed by atoms with Crippen LogP contribution in [0, 0.1) is 6.92 Å². The molecule has 0 bridgehead atoms. The molecule has 1 N–H and O–H groups in total. The van der Waals surface area contributed by atoms with E-state index in [9.17, 15) is 10.0 Å². The van der Waals surface area contributed by atoms with Gasteiger partial charge in [0.25, 0.3) is 0 Å². The van der Waals surface area contributed by atoms with Crippen molar-refractivity contribution < 1.29 is 19.5 Å². The molecule has 0 fully saturated rings. The Morgan fingerprint density at radius 1 is 1.12 bits per heavy atom. The molecular weight excluding hydrogens is 318 g/mol. The number of aryl methyl sites for hydroxylation is 1. The smallest absolute Gasteiger partial charge is 0.323 e. The molecule has 0 aliphatic rings. The van der Waals surface area contributed by atoms with E-state index in [4.69, 9.17) is 9.53 Å². The fourth-order valence-corrected chi connectivity index (χ4v) is 1.48. The normalized spacial score (nSPS) is 9.40. The van der Waals surface area contributed by atoms with Gasteiger partial charge >= 0.3 is 5.97 Å². The van der Waals surface area contributed by atoms with Crippen LogP contribution >= 0.6 is 0 Å². The van der Waals surface area contributed by atoms with Crippen molar-refractivity contribution in [2.75, 3.05) is 6.54 Å². The topological polar surface area (TPSA) is 66.8 Å². The number of esters is 1. The van der Waals surface area contributed by atoms with Crippen LogP contribution in [0.5, 0.6) is 0 Å². The molecule has 0 spiro atoms. The highest BCUT2D eigenvalue weighted by molar-refractivity contribution is 5.71. The Bertz CT molecular complexity index is 436. The average Bonchev–Trinajstić information content (AvgIpc) is 2.52. The molecule has 1 aromatic rings. The number of hydrogen-bond donors (Lipinski definition) is 1. The summed E-state index contributed by atoms with van der Waals surface area (Å²) in [4.78, 5) is 20.3. The van der Waals surface area contributed by atoms with Crippen molar-refractivity contribution in [3.05, 3.63) is 35.4 Å². The van der Waals surface area contributed by atoms with Crippen LogP contribution in [0.15, 0.2) is 24.3 Å². The van der Waals surface area contributed by atoms with Crippen LogP contribution in [-0.2, 0) is 20.9 Å². The molecule has 0 amide bonds. The van der Waals surface area contributed by atoms with E-state index in [1.54, 1.807) is 20.8 Å². The summed E-state index contributed by atoms with van der Waals surface area (Å²) in [6, 6.07) is 7.79. The average molecular weight is 356 g/mol. The van der Waals surface area contributed by atoms with E-state index >= 15 is 0 Å². The van der Waals surface area contributed by atoms with Gasteiger partial charge in [0.2, 0.25) is 0 Å². The number of nitrogens with zero attached hydrogens (tertiary/aromatic N) is 1. The molecule has 25 heavy (non-hydrogen) atoms. The van der Waals surface area contributed by atoms with Crippen molar-refractivity contribution >= 4 is 12.3 Å². The van der Waals surface area contributed by atoms with Crippen molar-refractivity contribution in [2.45, 2.75) is 74.5 Å². The first-order valence-corrected chi connectivity index (χ1v) is 8.79. The van der Waals surface area contributed by atoms with Gasteiger partial charge in [0, 0.05) is 6.54 Å². The third-order valence-electron chi connectivity index (χ3n) is 2.22. The lowest BCUT2D eigenvalue weighted by Gasteiger charge is -2.21. The highest BCUT2D eigenvalue weighted by atomic mass is 16.6. The van der Waals surface area contributed by atoms with Crippen LogP contribution in [0.3, 0.4) is 0 Å². The number of carbonyl (C=O) groups excluding carboxylic acids is 2. The Morgan fingerprint density at radius 2 is 1.52 bits per heavy atom. The summed E-state index contributed by atoms with van der Waals surface area (Å²) in [5.41, 5.74) is 1.59. The summed E-state index contributed by atoms with van der Waals surface area (Å²) in [5.74, 6) is -0.433. The Labute approximate surface area is 154 Å². The summed E-state index contributed by atoms with van der Waals surface area (Å²) in [5, 5.41) is 10.6. The second-order valence-corrected chi connectivity index (χ2v) is 5.63. The fraction of sp³-hybridized carbons (Fsp3) is 0.600. The van der Waals surface area contributed by atoms with E-state index in [1.165, 1.54) is 6.92 Å². The van der Waals surface area contributed by atoms with Gasteiger partial charge in [0.1, 0.15) is 18.4 Å².